The van der Waals surface area contributed by atoms with Crippen LogP contribution in [-0.4, -0.2) is 43.7 Å². The van der Waals surface area contributed by atoms with Crippen molar-refractivity contribution in [3.05, 3.63) is 65.8 Å². The molecule has 0 N–H and O–H groups in total. The molecule has 3 rings (SSSR count). The van der Waals surface area contributed by atoms with Gasteiger partial charge in [-0.1, -0.05) is 54.7 Å². The molecule has 0 saturated carbocycles. The normalized spacial score (nSPS) is 19.3. The fraction of sp³-hybridized carbons (Fsp3) is 0.409. The molecule has 0 aliphatic carbocycles. The molecule has 7 heteroatoms. The number of carbonyl (C=O) groups is 1. The Morgan fingerprint density at radius 3 is 2.72 bits per heavy atom. The summed E-state index contributed by atoms with van der Waals surface area (Å²) in [6, 6.07) is 5.84. The number of aryl methyl sites for hydroxylation is 1. The number of rotatable bonds is 6. The summed E-state index contributed by atoms with van der Waals surface area (Å²) in [6.07, 6.45) is 7.76. The number of nitrogens with zero attached hydrogens (tertiary/aromatic N) is 2. The third-order valence-electron chi connectivity index (χ3n) is 5.42. The van der Waals surface area contributed by atoms with Crippen LogP contribution in [0.4, 0.5) is 10.5 Å². The Morgan fingerprint density at radius 2 is 2.03 bits per heavy atom. The van der Waals surface area contributed by atoms with Crippen LogP contribution in [0.2, 0.25) is 0 Å². The summed E-state index contributed by atoms with van der Waals surface area (Å²) < 4.78 is 32.1. The molecule has 29 heavy (non-hydrogen) atoms. The maximum absolute atomic E-state index is 12.6. The molecule has 2 aliphatic rings. The molecule has 0 unspecified atom stereocenters. The fourth-order valence-corrected chi connectivity index (χ4v) is 5.09. The molecule has 0 atom stereocenters. The molecule has 1 aromatic carbocycles. The Morgan fingerprint density at radius 1 is 1.31 bits per heavy atom. The second kappa shape index (κ2) is 8.97. The second-order valence-corrected chi connectivity index (χ2v) is 9.47. The zero-order valence-corrected chi connectivity index (χ0v) is 17.8. The number of carbonyl (C=O) groups excluding carboxylic acids is 1. The molecule has 6 nitrogen and oxygen atoms in total. The van der Waals surface area contributed by atoms with Gasteiger partial charge in [0, 0.05) is 24.7 Å². The minimum Gasteiger partial charge on any atom is -0.444 e. The summed E-state index contributed by atoms with van der Waals surface area (Å²) >= 11 is 0. The summed E-state index contributed by atoms with van der Waals surface area (Å²) in [5.41, 5.74) is 3.91. The van der Waals surface area contributed by atoms with Gasteiger partial charge in [-0.05, 0) is 32.3 Å². The molecular formula is C22H28N2O4S. The van der Waals surface area contributed by atoms with E-state index in [1.165, 1.54) is 4.31 Å². The van der Waals surface area contributed by atoms with Gasteiger partial charge < -0.3 is 4.74 Å². The third kappa shape index (κ3) is 4.79. The van der Waals surface area contributed by atoms with E-state index in [1.54, 1.807) is 23.1 Å². The van der Waals surface area contributed by atoms with E-state index in [0.29, 0.717) is 25.9 Å². The van der Waals surface area contributed by atoms with Crippen molar-refractivity contribution in [3.63, 3.8) is 0 Å². The first-order valence-electron chi connectivity index (χ1n) is 9.81. The van der Waals surface area contributed by atoms with Crippen LogP contribution in [0.15, 0.2) is 54.7 Å². The highest BCUT2D eigenvalue weighted by Crippen LogP contribution is 2.34. The lowest BCUT2D eigenvalue weighted by Gasteiger charge is -2.40. The number of hydrogen-bond acceptors (Lipinski definition) is 4. The SMILES string of the molecule is C=C/C(C)=C\C=C\CS(=O)(=O)N1CCC(N2C(=O)OCc3cccc(C)c32)CC1. The minimum absolute atomic E-state index is 0.0354. The number of fused-ring (bicyclic) bond motifs is 1. The Hall–Kier alpha value is -2.38. The van der Waals surface area contributed by atoms with Gasteiger partial charge in [0.1, 0.15) is 6.61 Å². The molecule has 0 aromatic heterocycles. The zero-order valence-electron chi connectivity index (χ0n) is 17.0. The standard InChI is InChI=1S/C22H28N2O4S/c1-4-17(2)8-5-6-15-29(26,27)23-13-11-20(12-14-23)24-21-18(3)9-7-10-19(21)16-28-22(24)25/h4-10,20H,1,11-16H2,2-3H3/b6-5+,17-8-. The van der Waals surface area contributed by atoms with Crippen LogP contribution in [0.25, 0.3) is 0 Å². The highest BCUT2D eigenvalue weighted by Gasteiger charge is 2.37. The van der Waals surface area contributed by atoms with Gasteiger partial charge in [0.05, 0.1) is 11.4 Å². The van der Waals surface area contributed by atoms with Crippen molar-refractivity contribution in [1.29, 1.82) is 0 Å². The highest BCUT2D eigenvalue weighted by molar-refractivity contribution is 7.89. The van der Waals surface area contributed by atoms with Gasteiger partial charge in [0.15, 0.2) is 0 Å². The van der Waals surface area contributed by atoms with Crippen LogP contribution in [0.1, 0.15) is 30.9 Å². The molecule has 0 bridgehead atoms. The first-order valence-corrected chi connectivity index (χ1v) is 11.4. The number of anilines is 1. The maximum Gasteiger partial charge on any atom is 0.414 e. The fourth-order valence-electron chi connectivity index (χ4n) is 3.76. The number of piperidine rings is 1. The molecule has 2 heterocycles. The van der Waals surface area contributed by atoms with E-state index in [2.05, 4.69) is 6.58 Å². The summed E-state index contributed by atoms with van der Waals surface area (Å²) in [6.45, 7) is 8.63. The number of hydrogen-bond donors (Lipinski definition) is 0. The van der Waals surface area contributed by atoms with Crippen molar-refractivity contribution in [2.45, 2.75) is 39.3 Å². The molecular weight excluding hydrogens is 388 g/mol. The molecule has 0 spiro atoms. The number of sulfonamides is 1. The van der Waals surface area contributed by atoms with Gasteiger partial charge in [-0.15, -0.1) is 0 Å². The summed E-state index contributed by atoms with van der Waals surface area (Å²) in [5.74, 6) is -0.0354. The summed E-state index contributed by atoms with van der Waals surface area (Å²) in [7, 11) is -3.37. The van der Waals surface area contributed by atoms with Gasteiger partial charge in [0.25, 0.3) is 0 Å². The largest absolute Gasteiger partial charge is 0.444 e. The van der Waals surface area contributed by atoms with Crippen molar-refractivity contribution in [2.75, 3.05) is 23.7 Å². The Balaban J connectivity index is 1.67. The maximum atomic E-state index is 12.6. The van der Waals surface area contributed by atoms with E-state index in [4.69, 9.17) is 4.74 Å². The topological polar surface area (TPSA) is 66.9 Å². The van der Waals surface area contributed by atoms with Crippen LogP contribution in [-0.2, 0) is 21.4 Å². The van der Waals surface area contributed by atoms with E-state index in [0.717, 1.165) is 22.4 Å². The van der Waals surface area contributed by atoms with Crippen LogP contribution in [0, 0.1) is 6.92 Å². The number of benzene rings is 1. The molecule has 1 fully saturated rings. The van der Waals surface area contributed by atoms with Gasteiger partial charge >= 0.3 is 6.09 Å². The van der Waals surface area contributed by atoms with Gasteiger partial charge in [-0.25, -0.2) is 17.5 Å². The van der Waals surface area contributed by atoms with E-state index in [-0.39, 0.29) is 24.5 Å². The lowest BCUT2D eigenvalue weighted by molar-refractivity contribution is 0.135. The average Bonchev–Trinajstić information content (AvgIpc) is 2.71. The van der Waals surface area contributed by atoms with Crippen LogP contribution >= 0.6 is 0 Å². The van der Waals surface area contributed by atoms with Gasteiger partial charge in [-0.3, -0.25) is 4.90 Å². The van der Waals surface area contributed by atoms with Gasteiger partial charge in [0.2, 0.25) is 10.0 Å². The summed E-state index contributed by atoms with van der Waals surface area (Å²) in [4.78, 5) is 14.2. The second-order valence-electron chi connectivity index (χ2n) is 7.46. The lowest BCUT2D eigenvalue weighted by atomic mass is 10.00. The Bertz CT molecular complexity index is 942. The number of ether oxygens (including phenoxy) is 1. The highest BCUT2D eigenvalue weighted by atomic mass is 32.2. The van der Waals surface area contributed by atoms with Crippen LogP contribution < -0.4 is 4.90 Å². The quantitative estimate of drug-likeness (QED) is 0.659. The van der Waals surface area contributed by atoms with Crippen molar-refractivity contribution in [1.82, 2.24) is 4.31 Å². The summed E-state index contributed by atoms with van der Waals surface area (Å²) in [5, 5.41) is 0. The smallest absolute Gasteiger partial charge is 0.414 e. The number of para-hydroxylation sites is 1. The van der Waals surface area contributed by atoms with Crippen molar-refractivity contribution >= 4 is 21.8 Å². The van der Waals surface area contributed by atoms with Crippen LogP contribution in [0.3, 0.4) is 0 Å². The lowest BCUT2D eigenvalue weighted by Crippen LogP contribution is -2.51. The van der Waals surface area contributed by atoms with E-state index in [9.17, 15) is 13.2 Å². The molecule has 1 saturated heterocycles. The van der Waals surface area contributed by atoms with Crippen LogP contribution in [0.5, 0.6) is 0 Å². The van der Waals surface area contributed by atoms with E-state index >= 15 is 0 Å². The van der Waals surface area contributed by atoms with Gasteiger partial charge in [-0.2, -0.15) is 0 Å². The average molecular weight is 417 g/mol. The Kier molecular flexibility index (Phi) is 6.59. The van der Waals surface area contributed by atoms with E-state index in [1.807, 2.05) is 38.1 Å². The molecule has 1 amide bonds. The Labute approximate surface area is 173 Å². The predicted molar refractivity (Wildman–Crippen MR) is 115 cm³/mol. The number of cyclic esters (lactones) is 1. The molecule has 1 aromatic rings. The van der Waals surface area contributed by atoms with E-state index < -0.39 is 10.0 Å². The number of allylic oxidation sites excluding steroid dienone is 4. The predicted octanol–water partition coefficient (Wildman–Crippen LogP) is 3.93. The molecule has 0 radical (unpaired) electrons. The first kappa shape index (κ1) is 21.3. The minimum atomic E-state index is -3.37. The first-order chi connectivity index (χ1) is 13.8. The zero-order chi connectivity index (χ0) is 21.0. The molecule has 2 aliphatic heterocycles. The third-order valence-corrected chi connectivity index (χ3v) is 7.18. The number of amides is 1. The van der Waals surface area contributed by atoms with Crippen molar-refractivity contribution in [2.24, 2.45) is 0 Å². The monoisotopic (exact) mass is 416 g/mol. The van der Waals surface area contributed by atoms with Crippen molar-refractivity contribution in [3.8, 4) is 0 Å². The van der Waals surface area contributed by atoms with Crippen molar-refractivity contribution < 1.29 is 17.9 Å². The molecule has 156 valence electrons.